The first-order chi connectivity index (χ1) is 12.3. The second-order valence-electron chi connectivity index (χ2n) is 6.57. The molecule has 0 aliphatic heterocycles. The van der Waals surface area contributed by atoms with Gasteiger partial charge in [-0.2, -0.15) is 0 Å². The van der Waals surface area contributed by atoms with E-state index < -0.39 is 22.7 Å². The number of rotatable bonds is 6. The molecule has 1 saturated carbocycles. The van der Waals surface area contributed by atoms with Gasteiger partial charge in [0, 0.05) is 12.1 Å². The summed E-state index contributed by atoms with van der Waals surface area (Å²) in [6, 6.07) is 3.84. The van der Waals surface area contributed by atoms with Gasteiger partial charge in [0.2, 0.25) is 0 Å². The van der Waals surface area contributed by atoms with Gasteiger partial charge in [0.05, 0.1) is 17.6 Å². The first kappa shape index (κ1) is 19.7. The third-order valence-electron chi connectivity index (χ3n) is 4.69. The average Bonchev–Trinajstić information content (AvgIpc) is 2.62. The number of nitrogens with one attached hydrogen (secondary N) is 1. The lowest BCUT2D eigenvalue weighted by Gasteiger charge is -2.30. The van der Waals surface area contributed by atoms with Crippen molar-refractivity contribution in [1.82, 2.24) is 5.32 Å². The Kier molecular flexibility index (Phi) is 6.54. The summed E-state index contributed by atoms with van der Waals surface area (Å²) < 4.78 is 10.1. The van der Waals surface area contributed by atoms with E-state index in [1.165, 1.54) is 25.7 Å². The molecule has 142 valence electrons. The molecule has 0 aromatic heterocycles. The minimum Gasteiger partial charge on any atom is -0.474 e. The van der Waals surface area contributed by atoms with E-state index in [-0.39, 0.29) is 23.3 Å². The molecule has 1 aromatic carbocycles. The Morgan fingerprint density at radius 1 is 1.31 bits per heavy atom. The van der Waals surface area contributed by atoms with Gasteiger partial charge in [-0.15, -0.1) is 0 Å². The summed E-state index contributed by atoms with van der Waals surface area (Å²) in [5, 5.41) is 14.2. The predicted octanol–water partition coefficient (Wildman–Crippen LogP) is 2.84. The summed E-state index contributed by atoms with van der Waals surface area (Å²) >= 11 is 0. The highest BCUT2D eigenvalue weighted by atomic mass is 16.6. The van der Waals surface area contributed by atoms with E-state index in [0.717, 1.165) is 25.3 Å². The van der Waals surface area contributed by atoms with Crippen molar-refractivity contribution in [1.29, 1.82) is 0 Å². The molecule has 0 radical (unpaired) electrons. The molecule has 1 amide bonds. The van der Waals surface area contributed by atoms with Crippen LogP contribution in [0.2, 0.25) is 0 Å². The number of hydrogen-bond donors (Lipinski definition) is 1. The molecule has 0 saturated heterocycles. The summed E-state index contributed by atoms with van der Waals surface area (Å²) in [4.78, 5) is 34.5. The molecule has 2 rings (SSSR count). The lowest BCUT2D eigenvalue weighted by Crippen LogP contribution is -2.46. The third-order valence-corrected chi connectivity index (χ3v) is 4.69. The second-order valence-corrected chi connectivity index (χ2v) is 6.57. The molecule has 8 nitrogen and oxygen atoms in total. The molecule has 0 unspecified atom stereocenters. The van der Waals surface area contributed by atoms with Crippen LogP contribution in [-0.2, 0) is 9.53 Å². The van der Waals surface area contributed by atoms with Crippen LogP contribution in [0, 0.1) is 16.0 Å². The van der Waals surface area contributed by atoms with E-state index >= 15 is 0 Å². The predicted molar refractivity (Wildman–Crippen MR) is 94.1 cm³/mol. The topological polar surface area (TPSA) is 108 Å². The fraction of sp³-hybridized carbons (Fsp3) is 0.556. The zero-order chi connectivity index (χ0) is 19.3. The number of carbonyl (C=O) groups excluding carboxylic acids is 2. The zero-order valence-corrected chi connectivity index (χ0v) is 15.2. The van der Waals surface area contributed by atoms with Crippen LogP contribution in [0.1, 0.15) is 49.9 Å². The highest BCUT2D eigenvalue weighted by molar-refractivity contribution is 5.90. The monoisotopic (exact) mass is 364 g/mol. The van der Waals surface area contributed by atoms with E-state index in [1.807, 2.05) is 0 Å². The van der Waals surface area contributed by atoms with Crippen LogP contribution >= 0.6 is 0 Å². The van der Waals surface area contributed by atoms with E-state index in [1.54, 1.807) is 6.92 Å². The van der Waals surface area contributed by atoms with Gasteiger partial charge in [0.25, 0.3) is 5.91 Å². The standard InChI is InChI=1S/C18H24N2O6/c1-11-6-4-5-7-14(11)19-17(21)12(2)26-16-9-8-13(18(22)25-3)10-15(16)20(23)24/h8-12,14H,4-7H2,1-3H3,(H,19,21)/t11-,12+,14-/m0/s1. The number of hydrogen-bond acceptors (Lipinski definition) is 6. The summed E-state index contributed by atoms with van der Waals surface area (Å²) in [6.45, 7) is 3.65. The molecule has 1 aliphatic rings. The van der Waals surface area contributed by atoms with Crippen molar-refractivity contribution in [3.63, 3.8) is 0 Å². The van der Waals surface area contributed by atoms with Crippen LogP contribution in [0.5, 0.6) is 5.75 Å². The largest absolute Gasteiger partial charge is 0.474 e. The van der Waals surface area contributed by atoms with Crippen molar-refractivity contribution in [2.75, 3.05) is 7.11 Å². The molecule has 1 N–H and O–H groups in total. The van der Waals surface area contributed by atoms with Crippen molar-refractivity contribution in [3.8, 4) is 5.75 Å². The Hall–Kier alpha value is -2.64. The maximum atomic E-state index is 12.4. The molecule has 26 heavy (non-hydrogen) atoms. The van der Waals surface area contributed by atoms with Crippen LogP contribution in [-0.4, -0.2) is 36.1 Å². The van der Waals surface area contributed by atoms with Gasteiger partial charge in [-0.3, -0.25) is 14.9 Å². The van der Waals surface area contributed by atoms with Gasteiger partial charge >= 0.3 is 11.7 Å². The zero-order valence-electron chi connectivity index (χ0n) is 15.2. The fourth-order valence-corrected chi connectivity index (χ4v) is 3.08. The summed E-state index contributed by atoms with van der Waals surface area (Å²) in [7, 11) is 1.19. The normalized spacial score (nSPS) is 20.7. The maximum absolute atomic E-state index is 12.4. The summed E-state index contributed by atoms with van der Waals surface area (Å²) in [5.41, 5.74) is -0.349. The van der Waals surface area contributed by atoms with Crippen LogP contribution in [0.3, 0.4) is 0 Å². The van der Waals surface area contributed by atoms with Gasteiger partial charge in [-0.25, -0.2) is 4.79 Å². The summed E-state index contributed by atoms with van der Waals surface area (Å²) in [5.74, 6) is -0.664. The molecule has 0 heterocycles. The number of esters is 1. The molecule has 1 fully saturated rings. The smallest absolute Gasteiger partial charge is 0.338 e. The highest BCUT2D eigenvalue weighted by Gasteiger charge is 2.27. The molecular weight excluding hydrogens is 340 g/mol. The molecule has 8 heteroatoms. The lowest BCUT2D eigenvalue weighted by molar-refractivity contribution is -0.386. The third kappa shape index (κ3) is 4.71. The number of amides is 1. The molecule has 1 aliphatic carbocycles. The average molecular weight is 364 g/mol. The number of nitro benzene ring substituents is 1. The van der Waals surface area contributed by atoms with Crippen molar-refractivity contribution >= 4 is 17.6 Å². The SMILES string of the molecule is COC(=O)c1ccc(O[C@H](C)C(=O)N[C@H]2CCCC[C@@H]2C)c([N+](=O)[O-])c1. The molecule has 0 bridgehead atoms. The van der Waals surface area contributed by atoms with Gasteiger partial charge in [0.1, 0.15) is 0 Å². The Balaban J connectivity index is 2.09. The fourth-order valence-electron chi connectivity index (χ4n) is 3.08. The van der Waals surface area contributed by atoms with Crippen molar-refractivity contribution in [3.05, 3.63) is 33.9 Å². The number of nitrogens with zero attached hydrogens (tertiary/aromatic N) is 1. The van der Waals surface area contributed by atoms with Gasteiger partial charge in [0.15, 0.2) is 11.9 Å². The van der Waals surface area contributed by atoms with Crippen molar-refractivity contribution in [2.45, 2.75) is 51.7 Å². The molecular formula is C18H24N2O6. The number of nitro groups is 1. The van der Waals surface area contributed by atoms with Crippen LogP contribution in [0.25, 0.3) is 0 Å². The Bertz CT molecular complexity index is 690. The Morgan fingerprint density at radius 3 is 2.62 bits per heavy atom. The number of benzene rings is 1. The van der Waals surface area contributed by atoms with E-state index in [0.29, 0.717) is 5.92 Å². The number of ether oxygens (including phenoxy) is 2. The first-order valence-corrected chi connectivity index (χ1v) is 8.67. The first-order valence-electron chi connectivity index (χ1n) is 8.67. The highest BCUT2D eigenvalue weighted by Crippen LogP contribution is 2.29. The minimum absolute atomic E-state index is 0.0414. The van der Waals surface area contributed by atoms with Crippen LogP contribution in [0.15, 0.2) is 18.2 Å². The second kappa shape index (κ2) is 8.64. The molecule has 3 atom stereocenters. The van der Waals surface area contributed by atoms with Crippen LogP contribution < -0.4 is 10.1 Å². The number of carbonyl (C=O) groups is 2. The van der Waals surface area contributed by atoms with Gasteiger partial charge in [-0.05, 0) is 37.8 Å². The molecule has 1 aromatic rings. The van der Waals surface area contributed by atoms with Crippen molar-refractivity contribution in [2.24, 2.45) is 5.92 Å². The summed E-state index contributed by atoms with van der Waals surface area (Å²) in [6.07, 6.45) is 3.34. The maximum Gasteiger partial charge on any atom is 0.338 e. The number of methoxy groups -OCH3 is 1. The quantitative estimate of drug-likeness (QED) is 0.472. The van der Waals surface area contributed by atoms with Gasteiger partial charge < -0.3 is 14.8 Å². The Morgan fingerprint density at radius 2 is 2.00 bits per heavy atom. The van der Waals surface area contributed by atoms with E-state index in [9.17, 15) is 19.7 Å². The minimum atomic E-state index is -0.896. The van der Waals surface area contributed by atoms with E-state index in [4.69, 9.17) is 4.74 Å². The van der Waals surface area contributed by atoms with Crippen molar-refractivity contribution < 1.29 is 24.0 Å². The lowest BCUT2D eigenvalue weighted by atomic mass is 9.86. The van der Waals surface area contributed by atoms with Crippen LogP contribution in [0.4, 0.5) is 5.69 Å². The molecule has 0 spiro atoms. The van der Waals surface area contributed by atoms with Gasteiger partial charge in [-0.1, -0.05) is 19.8 Å². The van der Waals surface area contributed by atoms with E-state index in [2.05, 4.69) is 17.0 Å². The Labute approximate surface area is 152 Å².